The number of benzene rings is 1. The van der Waals surface area contributed by atoms with E-state index in [1.54, 1.807) is 18.3 Å². The highest BCUT2D eigenvalue weighted by Crippen LogP contribution is 2.24. The van der Waals surface area contributed by atoms with Crippen molar-refractivity contribution in [2.75, 3.05) is 12.3 Å². The fraction of sp³-hybridized carbons (Fsp3) is 0.231. The smallest absolute Gasteiger partial charge is 0.341 e. The molecule has 2 aromatic rings. The van der Waals surface area contributed by atoms with Crippen molar-refractivity contribution in [2.45, 2.75) is 6.42 Å². The predicted octanol–water partition coefficient (Wildman–Crippen LogP) is 1.32. The SMILES string of the molecule is Cn1ccnc1CCOc1cccc(N)c1C(=O)O. The summed E-state index contributed by atoms with van der Waals surface area (Å²) in [6.07, 6.45) is 4.15. The molecule has 2 rings (SSSR count). The van der Waals surface area contributed by atoms with Crippen LogP contribution >= 0.6 is 0 Å². The van der Waals surface area contributed by atoms with E-state index in [2.05, 4.69) is 4.98 Å². The van der Waals surface area contributed by atoms with Crippen LogP contribution in [0.3, 0.4) is 0 Å². The lowest BCUT2D eigenvalue weighted by Gasteiger charge is -2.10. The highest BCUT2D eigenvalue weighted by atomic mass is 16.5. The van der Waals surface area contributed by atoms with Crippen molar-refractivity contribution in [1.82, 2.24) is 9.55 Å². The maximum absolute atomic E-state index is 11.1. The van der Waals surface area contributed by atoms with Crippen molar-refractivity contribution in [1.29, 1.82) is 0 Å². The van der Waals surface area contributed by atoms with Crippen LogP contribution in [0.5, 0.6) is 5.75 Å². The van der Waals surface area contributed by atoms with Gasteiger partial charge in [-0.1, -0.05) is 6.07 Å². The first-order valence-electron chi connectivity index (χ1n) is 5.80. The Morgan fingerprint density at radius 3 is 2.95 bits per heavy atom. The molecule has 0 aliphatic carbocycles. The molecule has 0 fully saturated rings. The van der Waals surface area contributed by atoms with Crippen molar-refractivity contribution >= 4 is 11.7 Å². The monoisotopic (exact) mass is 261 g/mol. The van der Waals surface area contributed by atoms with E-state index in [1.807, 2.05) is 17.8 Å². The number of nitrogen functional groups attached to an aromatic ring is 1. The highest BCUT2D eigenvalue weighted by molar-refractivity contribution is 5.96. The molecule has 0 aliphatic rings. The Labute approximate surface area is 110 Å². The number of aryl methyl sites for hydroxylation is 1. The number of carbonyl (C=O) groups is 1. The van der Waals surface area contributed by atoms with E-state index >= 15 is 0 Å². The third-order valence-electron chi connectivity index (χ3n) is 2.78. The molecular weight excluding hydrogens is 246 g/mol. The minimum Gasteiger partial charge on any atom is -0.492 e. The quantitative estimate of drug-likeness (QED) is 0.792. The summed E-state index contributed by atoms with van der Waals surface area (Å²) in [5, 5.41) is 9.10. The first-order valence-corrected chi connectivity index (χ1v) is 5.80. The molecule has 1 heterocycles. The van der Waals surface area contributed by atoms with Gasteiger partial charge in [0.1, 0.15) is 17.1 Å². The maximum Gasteiger partial charge on any atom is 0.341 e. The molecule has 0 atom stereocenters. The predicted molar refractivity (Wildman–Crippen MR) is 70.2 cm³/mol. The van der Waals surface area contributed by atoms with Gasteiger partial charge in [-0.15, -0.1) is 0 Å². The summed E-state index contributed by atoms with van der Waals surface area (Å²) in [5.41, 5.74) is 5.83. The summed E-state index contributed by atoms with van der Waals surface area (Å²) >= 11 is 0. The zero-order valence-electron chi connectivity index (χ0n) is 10.5. The van der Waals surface area contributed by atoms with Crippen LogP contribution in [0.15, 0.2) is 30.6 Å². The van der Waals surface area contributed by atoms with Gasteiger partial charge in [0.25, 0.3) is 0 Å². The average Bonchev–Trinajstić information content (AvgIpc) is 2.75. The third-order valence-corrected chi connectivity index (χ3v) is 2.78. The standard InChI is InChI=1S/C13H15N3O3/c1-16-7-6-15-11(16)5-8-19-10-4-2-3-9(14)12(10)13(17)18/h2-4,6-7H,5,8,14H2,1H3,(H,17,18). The summed E-state index contributed by atoms with van der Waals surface area (Å²) in [6.45, 7) is 0.342. The molecule has 6 heteroatoms. The van der Waals surface area contributed by atoms with E-state index in [9.17, 15) is 4.79 Å². The third kappa shape index (κ3) is 2.85. The van der Waals surface area contributed by atoms with Gasteiger partial charge in [-0.25, -0.2) is 9.78 Å². The van der Waals surface area contributed by atoms with Gasteiger partial charge >= 0.3 is 5.97 Å². The van der Waals surface area contributed by atoms with Crippen LogP contribution in [-0.2, 0) is 13.5 Å². The van der Waals surface area contributed by atoms with Crippen molar-refractivity contribution < 1.29 is 14.6 Å². The molecule has 0 spiro atoms. The molecule has 6 nitrogen and oxygen atoms in total. The summed E-state index contributed by atoms with van der Waals surface area (Å²) in [7, 11) is 1.89. The van der Waals surface area contributed by atoms with Crippen LogP contribution in [0, 0.1) is 0 Å². The Morgan fingerprint density at radius 1 is 1.53 bits per heavy atom. The van der Waals surface area contributed by atoms with Crippen LogP contribution in [0.25, 0.3) is 0 Å². The number of ether oxygens (including phenoxy) is 1. The molecule has 0 aliphatic heterocycles. The second-order valence-electron chi connectivity index (χ2n) is 4.08. The van der Waals surface area contributed by atoms with Gasteiger partial charge in [0, 0.05) is 31.5 Å². The number of carboxylic acid groups (broad SMARTS) is 1. The molecule has 100 valence electrons. The number of anilines is 1. The van der Waals surface area contributed by atoms with Crippen LogP contribution < -0.4 is 10.5 Å². The van der Waals surface area contributed by atoms with Crippen LogP contribution in [-0.4, -0.2) is 27.2 Å². The molecule has 0 bridgehead atoms. The second kappa shape index (κ2) is 5.43. The van der Waals surface area contributed by atoms with E-state index in [4.69, 9.17) is 15.6 Å². The van der Waals surface area contributed by atoms with E-state index in [-0.39, 0.29) is 17.0 Å². The lowest BCUT2D eigenvalue weighted by Crippen LogP contribution is -2.10. The number of hydrogen-bond donors (Lipinski definition) is 2. The lowest BCUT2D eigenvalue weighted by molar-refractivity contribution is 0.0693. The number of nitrogens with two attached hydrogens (primary N) is 1. The Hall–Kier alpha value is -2.50. The van der Waals surface area contributed by atoms with Gasteiger partial charge in [-0.2, -0.15) is 0 Å². The molecule has 0 saturated heterocycles. The number of imidazole rings is 1. The molecule has 0 saturated carbocycles. The molecule has 0 unspecified atom stereocenters. The fourth-order valence-electron chi connectivity index (χ4n) is 1.79. The number of aromatic carboxylic acids is 1. The summed E-state index contributed by atoms with van der Waals surface area (Å²) in [5.74, 6) is 0.0626. The average molecular weight is 261 g/mol. The maximum atomic E-state index is 11.1. The van der Waals surface area contributed by atoms with Gasteiger partial charge in [0.2, 0.25) is 0 Å². The van der Waals surface area contributed by atoms with E-state index < -0.39 is 5.97 Å². The van der Waals surface area contributed by atoms with E-state index in [0.717, 1.165) is 5.82 Å². The Bertz CT molecular complexity index is 593. The normalized spacial score (nSPS) is 10.4. The zero-order chi connectivity index (χ0) is 13.8. The van der Waals surface area contributed by atoms with Crippen LogP contribution in [0.2, 0.25) is 0 Å². The number of hydrogen-bond acceptors (Lipinski definition) is 4. The second-order valence-corrected chi connectivity index (χ2v) is 4.08. The Kier molecular flexibility index (Phi) is 3.70. The topological polar surface area (TPSA) is 90.4 Å². The van der Waals surface area contributed by atoms with Gasteiger partial charge in [-0.05, 0) is 12.1 Å². The van der Waals surface area contributed by atoms with Gasteiger partial charge in [-0.3, -0.25) is 0 Å². The fourth-order valence-corrected chi connectivity index (χ4v) is 1.79. The Balaban J connectivity index is 2.06. The number of rotatable bonds is 5. The molecule has 0 radical (unpaired) electrons. The molecular formula is C13H15N3O3. The summed E-state index contributed by atoms with van der Waals surface area (Å²) < 4.78 is 7.38. The summed E-state index contributed by atoms with van der Waals surface area (Å²) in [6, 6.07) is 4.80. The van der Waals surface area contributed by atoms with Crippen molar-refractivity contribution in [2.24, 2.45) is 7.05 Å². The molecule has 3 N–H and O–H groups in total. The van der Waals surface area contributed by atoms with Gasteiger partial charge in [0.15, 0.2) is 0 Å². The molecule has 19 heavy (non-hydrogen) atoms. The molecule has 0 amide bonds. The highest BCUT2D eigenvalue weighted by Gasteiger charge is 2.14. The van der Waals surface area contributed by atoms with E-state index in [1.165, 1.54) is 6.07 Å². The largest absolute Gasteiger partial charge is 0.492 e. The summed E-state index contributed by atoms with van der Waals surface area (Å²) in [4.78, 5) is 15.3. The molecule has 1 aromatic carbocycles. The lowest BCUT2D eigenvalue weighted by atomic mass is 10.1. The number of aromatic nitrogens is 2. The van der Waals surface area contributed by atoms with Crippen LogP contribution in [0.1, 0.15) is 16.2 Å². The van der Waals surface area contributed by atoms with Gasteiger partial charge in [0.05, 0.1) is 6.61 Å². The van der Waals surface area contributed by atoms with Crippen molar-refractivity contribution in [3.05, 3.63) is 42.0 Å². The number of nitrogens with zero attached hydrogens (tertiary/aromatic N) is 2. The van der Waals surface area contributed by atoms with Crippen molar-refractivity contribution in [3.8, 4) is 5.75 Å². The first kappa shape index (κ1) is 12.9. The minimum atomic E-state index is -1.09. The van der Waals surface area contributed by atoms with Gasteiger partial charge < -0.3 is 20.1 Å². The minimum absolute atomic E-state index is 0.00217. The zero-order valence-corrected chi connectivity index (χ0v) is 10.5. The Morgan fingerprint density at radius 2 is 2.32 bits per heavy atom. The van der Waals surface area contributed by atoms with E-state index in [0.29, 0.717) is 13.0 Å². The van der Waals surface area contributed by atoms with Crippen LogP contribution in [0.4, 0.5) is 5.69 Å². The molecule has 1 aromatic heterocycles. The van der Waals surface area contributed by atoms with Crippen molar-refractivity contribution in [3.63, 3.8) is 0 Å². The first-order chi connectivity index (χ1) is 9.09. The number of carboxylic acids is 1.